The summed E-state index contributed by atoms with van der Waals surface area (Å²) >= 11 is 0. The number of allylic oxidation sites excluding steroid dienone is 5. The van der Waals surface area contributed by atoms with Crippen LogP contribution in [-0.2, 0) is 0 Å². The predicted octanol–water partition coefficient (Wildman–Crippen LogP) is 3.57. The summed E-state index contributed by atoms with van der Waals surface area (Å²) in [5.41, 5.74) is 4.98. The fourth-order valence-corrected chi connectivity index (χ4v) is 1.64. The summed E-state index contributed by atoms with van der Waals surface area (Å²) in [5, 5.41) is 7.97. The standard InChI is InChI=1S/C15H14F2N2O/c1-3-4-10(7-9(2)16)15(19)13-12(18)6-5-11(8-20)14(13)17/h3-8,19H,1,18H2,2H3/b9-7+,10-4+,19-15?. The third-order valence-electron chi connectivity index (χ3n) is 2.52. The van der Waals surface area contributed by atoms with Crippen LogP contribution in [0.2, 0.25) is 0 Å². The molecule has 0 atom stereocenters. The summed E-state index contributed by atoms with van der Waals surface area (Å²) in [6, 6.07) is 2.55. The van der Waals surface area contributed by atoms with Gasteiger partial charge in [-0.25, -0.2) is 8.78 Å². The van der Waals surface area contributed by atoms with Gasteiger partial charge in [0.1, 0.15) is 5.82 Å². The maximum absolute atomic E-state index is 14.1. The number of aldehydes is 1. The van der Waals surface area contributed by atoms with Crippen molar-refractivity contribution in [2.75, 3.05) is 5.73 Å². The highest BCUT2D eigenvalue weighted by Crippen LogP contribution is 2.23. The van der Waals surface area contributed by atoms with Crippen molar-refractivity contribution in [3.05, 3.63) is 65.3 Å². The lowest BCUT2D eigenvalue weighted by Crippen LogP contribution is -2.11. The molecule has 5 heteroatoms. The highest BCUT2D eigenvalue weighted by molar-refractivity contribution is 6.16. The first-order chi connectivity index (χ1) is 9.42. The van der Waals surface area contributed by atoms with Gasteiger partial charge in [-0.05, 0) is 25.1 Å². The van der Waals surface area contributed by atoms with Gasteiger partial charge in [-0.15, -0.1) is 0 Å². The Bertz CT molecular complexity index is 627. The Morgan fingerprint density at radius 2 is 2.10 bits per heavy atom. The minimum Gasteiger partial charge on any atom is -0.398 e. The molecule has 0 saturated carbocycles. The molecule has 0 aliphatic carbocycles. The van der Waals surface area contributed by atoms with Crippen LogP contribution < -0.4 is 5.73 Å². The molecule has 0 aliphatic rings. The molecule has 104 valence electrons. The molecular formula is C15H14F2N2O. The van der Waals surface area contributed by atoms with E-state index in [1.165, 1.54) is 31.2 Å². The molecule has 0 amide bonds. The minimum absolute atomic E-state index is 0.00188. The van der Waals surface area contributed by atoms with Gasteiger partial charge in [-0.1, -0.05) is 18.7 Å². The van der Waals surface area contributed by atoms with Crippen LogP contribution in [-0.4, -0.2) is 12.0 Å². The normalized spacial score (nSPS) is 12.2. The number of nitrogens with one attached hydrogen (secondary N) is 1. The maximum Gasteiger partial charge on any atom is 0.153 e. The highest BCUT2D eigenvalue weighted by Gasteiger charge is 2.17. The first-order valence-electron chi connectivity index (χ1n) is 5.71. The van der Waals surface area contributed by atoms with Crippen LogP contribution in [0.3, 0.4) is 0 Å². The Morgan fingerprint density at radius 3 is 2.60 bits per heavy atom. The SMILES string of the molecule is C=C/C=C(\C=C(/C)F)C(=N)c1c(N)ccc(C=O)c1F. The van der Waals surface area contributed by atoms with Gasteiger partial charge in [0.15, 0.2) is 6.29 Å². The minimum atomic E-state index is -0.898. The molecule has 0 saturated heterocycles. The van der Waals surface area contributed by atoms with Gasteiger partial charge in [-0.2, -0.15) is 0 Å². The highest BCUT2D eigenvalue weighted by atomic mass is 19.1. The van der Waals surface area contributed by atoms with Crippen molar-refractivity contribution in [1.82, 2.24) is 0 Å². The van der Waals surface area contributed by atoms with Crippen LogP contribution in [0.1, 0.15) is 22.8 Å². The van der Waals surface area contributed by atoms with Crippen molar-refractivity contribution in [2.45, 2.75) is 6.92 Å². The Hall–Kier alpha value is -2.56. The second kappa shape index (κ2) is 6.56. The number of rotatable bonds is 5. The Balaban J connectivity index is 3.47. The van der Waals surface area contributed by atoms with E-state index in [-0.39, 0.29) is 28.1 Å². The number of carbonyl (C=O) groups is 1. The predicted molar refractivity (Wildman–Crippen MR) is 76.2 cm³/mol. The second-order valence-corrected chi connectivity index (χ2v) is 4.01. The molecule has 3 N–H and O–H groups in total. The van der Waals surface area contributed by atoms with Gasteiger partial charge >= 0.3 is 0 Å². The van der Waals surface area contributed by atoms with E-state index < -0.39 is 11.6 Å². The zero-order valence-corrected chi connectivity index (χ0v) is 10.9. The topological polar surface area (TPSA) is 66.9 Å². The molecule has 0 spiro atoms. The maximum atomic E-state index is 14.1. The zero-order chi connectivity index (χ0) is 15.3. The van der Waals surface area contributed by atoms with E-state index in [4.69, 9.17) is 11.1 Å². The van der Waals surface area contributed by atoms with Gasteiger partial charge in [0.2, 0.25) is 0 Å². The van der Waals surface area contributed by atoms with E-state index in [1.54, 1.807) is 0 Å². The molecule has 0 bridgehead atoms. The van der Waals surface area contributed by atoms with Gasteiger partial charge in [0.05, 0.1) is 22.7 Å². The molecule has 0 radical (unpaired) electrons. The summed E-state index contributed by atoms with van der Waals surface area (Å²) < 4.78 is 27.1. The van der Waals surface area contributed by atoms with Crippen molar-refractivity contribution < 1.29 is 13.6 Å². The van der Waals surface area contributed by atoms with Crippen molar-refractivity contribution in [3.8, 4) is 0 Å². The lowest BCUT2D eigenvalue weighted by molar-refractivity contribution is 0.112. The third-order valence-corrected chi connectivity index (χ3v) is 2.52. The fraction of sp³-hybridized carbons (Fsp3) is 0.0667. The number of hydrogen-bond donors (Lipinski definition) is 2. The first-order valence-corrected chi connectivity index (χ1v) is 5.71. The number of anilines is 1. The molecule has 1 aromatic rings. The summed E-state index contributed by atoms with van der Waals surface area (Å²) in [5.74, 6) is -1.45. The van der Waals surface area contributed by atoms with E-state index in [1.807, 2.05) is 0 Å². The molecule has 0 aromatic heterocycles. The summed E-state index contributed by atoms with van der Waals surface area (Å²) in [6.45, 7) is 4.66. The van der Waals surface area contributed by atoms with Gasteiger partial charge < -0.3 is 5.73 Å². The van der Waals surface area contributed by atoms with Crippen molar-refractivity contribution in [3.63, 3.8) is 0 Å². The number of benzene rings is 1. The van der Waals surface area contributed by atoms with Crippen LogP contribution in [0.5, 0.6) is 0 Å². The summed E-state index contributed by atoms with van der Waals surface area (Å²) in [7, 11) is 0. The van der Waals surface area contributed by atoms with E-state index in [2.05, 4.69) is 6.58 Å². The van der Waals surface area contributed by atoms with Gasteiger partial charge in [0.25, 0.3) is 0 Å². The van der Waals surface area contributed by atoms with Gasteiger partial charge in [0, 0.05) is 11.3 Å². The molecule has 0 heterocycles. The molecule has 20 heavy (non-hydrogen) atoms. The zero-order valence-electron chi connectivity index (χ0n) is 10.9. The number of hydrogen-bond acceptors (Lipinski definition) is 3. The summed E-state index contributed by atoms with van der Waals surface area (Å²) in [4.78, 5) is 10.7. The average molecular weight is 276 g/mol. The summed E-state index contributed by atoms with van der Waals surface area (Å²) in [6.07, 6.45) is 4.11. The number of nitrogen functional groups attached to an aromatic ring is 1. The number of carbonyl (C=O) groups excluding carboxylic acids is 1. The molecule has 1 aromatic carbocycles. The molecule has 1 rings (SSSR count). The Labute approximate surface area is 115 Å². The van der Waals surface area contributed by atoms with Crippen molar-refractivity contribution in [2.24, 2.45) is 0 Å². The number of nitrogens with two attached hydrogens (primary N) is 1. The second-order valence-electron chi connectivity index (χ2n) is 4.01. The van der Waals surface area contributed by atoms with Crippen molar-refractivity contribution >= 4 is 17.7 Å². The van der Waals surface area contributed by atoms with E-state index in [0.29, 0.717) is 6.29 Å². The van der Waals surface area contributed by atoms with E-state index >= 15 is 0 Å². The van der Waals surface area contributed by atoms with Gasteiger partial charge in [-0.3, -0.25) is 10.2 Å². The van der Waals surface area contributed by atoms with Crippen molar-refractivity contribution in [1.29, 1.82) is 5.41 Å². The first kappa shape index (κ1) is 15.5. The molecule has 0 fully saturated rings. The fourth-order valence-electron chi connectivity index (χ4n) is 1.64. The van der Waals surface area contributed by atoms with Crippen LogP contribution >= 0.6 is 0 Å². The Morgan fingerprint density at radius 1 is 1.45 bits per heavy atom. The van der Waals surface area contributed by atoms with E-state index in [9.17, 15) is 13.6 Å². The number of halogens is 2. The van der Waals surface area contributed by atoms with Crippen LogP contribution in [0.25, 0.3) is 0 Å². The lowest BCUT2D eigenvalue weighted by Gasteiger charge is -2.11. The van der Waals surface area contributed by atoms with Crippen LogP contribution in [0.15, 0.2) is 48.3 Å². The third kappa shape index (κ3) is 3.26. The van der Waals surface area contributed by atoms with E-state index in [0.717, 1.165) is 6.08 Å². The smallest absolute Gasteiger partial charge is 0.153 e. The average Bonchev–Trinajstić information content (AvgIpc) is 2.38. The molecular weight excluding hydrogens is 262 g/mol. The van der Waals surface area contributed by atoms with Crippen LogP contribution in [0, 0.1) is 11.2 Å². The molecule has 0 aliphatic heterocycles. The Kier molecular flexibility index (Phi) is 5.08. The molecule has 3 nitrogen and oxygen atoms in total. The quantitative estimate of drug-likeness (QED) is 0.373. The lowest BCUT2D eigenvalue weighted by atomic mass is 9.97. The molecule has 0 unspecified atom stereocenters. The monoisotopic (exact) mass is 276 g/mol. The van der Waals surface area contributed by atoms with Crippen LogP contribution in [0.4, 0.5) is 14.5 Å². The largest absolute Gasteiger partial charge is 0.398 e.